The molecule has 2 aromatic heterocycles. The minimum Gasteiger partial charge on any atom is -0.387 e. The Hall–Kier alpha value is -3.58. The maximum absolute atomic E-state index is 14.0. The fourth-order valence-electron chi connectivity index (χ4n) is 4.50. The summed E-state index contributed by atoms with van der Waals surface area (Å²) in [5.41, 5.74) is 0.511. The van der Waals surface area contributed by atoms with E-state index in [4.69, 9.17) is 0 Å². The van der Waals surface area contributed by atoms with Crippen molar-refractivity contribution in [3.63, 3.8) is 0 Å². The number of piperidine rings is 1. The highest BCUT2D eigenvalue weighted by atomic mass is 19.4. The van der Waals surface area contributed by atoms with E-state index in [9.17, 15) is 27.5 Å². The van der Waals surface area contributed by atoms with Crippen molar-refractivity contribution in [2.24, 2.45) is 0 Å². The topological polar surface area (TPSA) is 110 Å². The molecule has 13 heteroatoms. The Balaban J connectivity index is 1.75. The van der Waals surface area contributed by atoms with Crippen molar-refractivity contribution in [1.29, 1.82) is 0 Å². The molecule has 0 radical (unpaired) electrons. The number of carbonyl (C=O) groups is 1. The van der Waals surface area contributed by atoms with Crippen LogP contribution in [0.3, 0.4) is 0 Å². The van der Waals surface area contributed by atoms with Crippen LogP contribution in [0.4, 0.5) is 23.5 Å². The van der Waals surface area contributed by atoms with Gasteiger partial charge in [0.2, 0.25) is 11.9 Å². The van der Waals surface area contributed by atoms with E-state index < -0.39 is 24.2 Å². The van der Waals surface area contributed by atoms with Crippen LogP contribution in [0.1, 0.15) is 30.0 Å². The van der Waals surface area contributed by atoms with Crippen LogP contribution >= 0.6 is 0 Å². The fourth-order valence-corrected chi connectivity index (χ4v) is 4.50. The largest absolute Gasteiger partial charge is 0.419 e. The standard InChI is InChI=1S/C25H29F4N7O2/c1-35(2)12-9-31-24-30-8-5-19(32-24)21-22(15-6-10-36(11-7-15)20(38)14-37)33-34-23(21)16-3-4-18(26)17(13-16)25(27,28)29/h3-5,8,13,15,37H,6-7,9-12,14H2,1-2H3,(H,33,34)(H,30,31,32). The van der Waals surface area contributed by atoms with Crippen molar-refractivity contribution in [1.82, 2.24) is 30.0 Å². The van der Waals surface area contributed by atoms with Crippen molar-refractivity contribution in [3.8, 4) is 22.5 Å². The molecule has 1 aliphatic heterocycles. The molecule has 3 heterocycles. The van der Waals surface area contributed by atoms with E-state index in [1.165, 1.54) is 6.07 Å². The van der Waals surface area contributed by atoms with Gasteiger partial charge in [-0.05, 0) is 51.2 Å². The molecule has 1 saturated heterocycles. The molecular formula is C25H29F4N7O2. The first kappa shape index (κ1) is 27.5. The third-order valence-corrected chi connectivity index (χ3v) is 6.48. The Labute approximate surface area is 216 Å². The molecule has 9 nitrogen and oxygen atoms in total. The lowest BCUT2D eigenvalue weighted by atomic mass is 9.88. The van der Waals surface area contributed by atoms with E-state index in [1.807, 2.05) is 19.0 Å². The zero-order chi connectivity index (χ0) is 27.4. The van der Waals surface area contributed by atoms with Gasteiger partial charge >= 0.3 is 6.18 Å². The second-order valence-electron chi connectivity index (χ2n) is 9.36. The summed E-state index contributed by atoms with van der Waals surface area (Å²) in [5, 5.41) is 19.6. The number of aromatic nitrogens is 4. The number of benzene rings is 1. The number of hydrogen-bond acceptors (Lipinski definition) is 7. The lowest BCUT2D eigenvalue weighted by Gasteiger charge is -2.31. The van der Waals surface area contributed by atoms with Gasteiger partial charge in [-0.3, -0.25) is 9.89 Å². The Kier molecular flexibility index (Phi) is 8.26. The average Bonchev–Trinajstić information content (AvgIpc) is 3.33. The van der Waals surface area contributed by atoms with Crippen LogP contribution in [0.2, 0.25) is 0 Å². The zero-order valence-electron chi connectivity index (χ0n) is 21.0. The smallest absolute Gasteiger partial charge is 0.387 e. The highest BCUT2D eigenvalue weighted by molar-refractivity contribution is 5.82. The van der Waals surface area contributed by atoms with Crippen molar-refractivity contribution < 1.29 is 27.5 Å². The summed E-state index contributed by atoms with van der Waals surface area (Å²) in [4.78, 5) is 24.3. The summed E-state index contributed by atoms with van der Waals surface area (Å²) >= 11 is 0. The summed E-state index contributed by atoms with van der Waals surface area (Å²) in [5.74, 6) is -1.48. The molecular weight excluding hydrogens is 506 g/mol. The van der Waals surface area contributed by atoms with E-state index >= 15 is 0 Å². The van der Waals surface area contributed by atoms with Gasteiger partial charge in [0.1, 0.15) is 18.1 Å². The van der Waals surface area contributed by atoms with Crippen LogP contribution in [0.5, 0.6) is 0 Å². The second-order valence-corrected chi connectivity index (χ2v) is 9.36. The van der Waals surface area contributed by atoms with Crippen LogP contribution in [0, 0.1) is 5.82 Å². The van der Waals surface area contributed by atoms with Crippen LogP contribution in [0.15, 0.2) is 30.5 Å². The van der Waals surface area contributed by atoms with Crippen molar-refractivity contribution >= 4 is 11.9 Å². The van der Waals surface area contributed by atoms with Gasteiger partial charge < -0.3 is 20.2 Å². The zero-order valence-corrected chi connectivity index (χ0v) is 21.0. The van der Waals surface area contributed by atoms with Gasteiger partial charge in [0.15, 0.2) is 0 Å². The van der Waals surface area contributed by atoms with Gasteiger partial charge in [-0.1, -0.05) is 0 Å². The van der Waals surface area contributed by atoms with Gasteiger partial charge in [0, 0.05) is 55.1 Å². The highest BCUT2D eigenvalue weighted by Gasteiger charge is 2.35. The summed E-state index contributed by atoms with van der Waals surface area (Å²) in [6.45, 7) is 1.56. The molecule has 204 valence electrons. The Morgan fingerprint density at radius 2 is 1.97 bits per heavy atom. The fraction of sp³-hybridized carbons (Fsp3) is 0.440. The van der Waals surface area contributed by atoms with Crippen molar-refractivity contribution in [2.45, 2.75) is 24.9 Å². The molecule has 1 fully saturated rings. The second kappa shape index (κ2) is 11.4. The molecule has 0 unspecified atom stereocenters. The van der Waals surface area contributed by atoms with E-state index in [0.717, 1.165) is 18.7 Å². The van der Waals surface area contributed by atoms with Gasteiger partial charge in [-0.25, -0.2) is 14.4 Å². The third-order valence-electron chi connectivity index (χ3n) is 6.48. The van der Waals surface area contributed by atoms with Crippen LogP contribution in [0.25, 0.3) is 22.5 Å². The predicted molar refractivity (Wildman–Crippen MR) is 133 cm³/mol. The van der Waals surface area contributed by atoms with Gasteiger partial charge in [0.05, 0.1) is 11.3 Å². The summed E-state index contributed by atoms with van der Waals surface area (Å²) in [6, 6.07) is 4.43. The summed E-state index contributed by atoms with van der Waals surface area (Å²) in [7, 11) is 3.86. The van der Waals surface area contributed by atoms with Crippen LogP contribution in [-0.2, 0) is 11.0 Å². The molecule has 1 aliphatic rings. The number of likely N-dealkylation sites (N-methyl/N-ethyl adjacent to an activating group) is 1. The number of halogens is 4. The predicted octanol–water partition coefficient (Wildman–Crippen LogP) is 3.36. The van der Waals surface area contributed by atoms with E-state index in [2.05, 4.69) is 25.5 Å². The number of aliphatic hydroxyl groups excluding tert-OH is 1. The maximum atomic E-state index is 14.0. The molecule has 4 rings (SSSR count). The Morgan fingerprint density at radius 1 is 1.24 bits per heavy atom. The molecule has 0 bridgehead atoms. The van der Waals surface area contributed by atoms with Gasteiger partial charge in [0.25, 0.3) is 0 Å². The van der Waals surface area contributed by atoms with E-state index in [-0.39, 0.29) is 23.1 Å². The SMILES string of the molecule is CN(C)CCNc1nccc(-c2c(-c3ccc(F)c(C(F)(F)F)c3)n[nH]c2C2CCN(C(=O)CO)CC2)n1. The minimum absolute atomic E-state index is 0.0878. The number of anilines is 1. The molecule has 1 amide bonds. The quantitative estimate of drug-likeness (QED) is 0.380. The van der Waals surface area contributed by atoms with Crippen molar-refractivity contribution in [3.05, 3.63) is 47.5 Å². The molecule has 38 heavy (non-hydrogen) atoms. The normalized spacial score (nSPS) is 14.8. The first-order valence-corrected chi connectivity index (χ1v) is 12.1. The Bertz CT molecular complexity index is 1270. The molecule has 0 saturated carbocycles. The highest BCUT2D eigenvalue weighted by Crippen LogP contribution is 2.41. The monoisotopic (exact) mass is 535 g/mol. The minimum atomic E-state index is -4.87. The number of aliphatic hydroxyl groups is 1. The van der Waals surface area contributed by atoms with E-state index in [0.29, 0.717) is 55.4 Å². The third kappa shape index (κ3) is 6.10. The van der Waals surface area contributed by atoms with Crippen molar-refractivity contribution in [2.75, 3.05) is 52.2 Å². The lowest BCUT2D eigenvalue weighted by molar-refractivity contribution is -0.140. The number of carbonyl (C=O) groups excluding carboxylic acids is 1. The van der Waals surface area contributed by atoms with Gasteiger partial charge in [-0.2, -0.15) is 18.3 Å². The molecule has 3 N–H and O–H groups in total. The average molecular weight is 536 g/mol. The first-order chi connectivity index (χ1) is 18.1. The molecule has 1 aromatic carbocycles. The molecule has 0 spiro atoms. The number of aromatic amines is 1. The number of rotatable bonds is 8. The first-order valence-electron chi connectivity index (χ1n) is 12.1. The van der Waals surface area contributed by atoms with Crippen LogP contribution < -0.4 is 5.32 Å². The lowest BCUT2D eigenvalue weighted by Crippen LogP contribution is -2.39. The number of nitrogens with one attached hydrogen (secondary N) is 2. The molecule has 0 atom stereocenters. The van der Waals surface area contributed by atoms with Gasteiger partial charge in [-0.15, -0.1) is 0 Å². The number of amides is 1. The number of alkyl halides is 3. The molecule has 3 aromatic rings. The Morgan fingerprint density at radius 3 is 2.63 bits per heavy atom. The number of nitrogens with zero attached hydrogens (tertiary/aromatic N) is 5. The van der Waals surface area contributed by atoms with E-state index in [1.54, 1.807) is 17.2 Å². The molecule has 0 aliphatic carbocycles. The number of H-pyrrole nitrogens is 1. The summed E-state index contributed by atoms with van der Waals surface area (Å²) in [6.07, 6.45) is -2.22. The van der Waals surface area contributed by atoms with Crippen LogP contribution in [-0.4, -0.2) is 87.9 Å². The summed E-state index contributed by atoms with van der Waals surface area (Å²) < 4.78 is 54.4. The number of likely N-dealkylation sites (tertiary alicyclic amines) is 1. The number of hydrogen-bond donors (Lipinski definition) is 3. The maximum Gasteiger partial charge on any atom is 0.419 e.